The summed E-state index contributed by atoms with van der Waals surface area (Å²) in [4.78, 5) is 2.37. The van der Waals surface area contributed by atoms with Crippen molar-refractivity contribution in [3.8, 4) is 0 Å². The average Bonchev–Trinajstić information content (AvgIpc) is 2.39. The van der Waals surface area contributed by atoms with E-state index in [1.807, 2.05) is 12.1 Å². The minimum atomic E-state index is -0.180. The van der Waals surface area contributed by atoms with Crippen LogP contribution >= 0.6 is 12.4 Å². The number of ether oxygens (including phenoxy) is 1. The van der Waals surface area contributed by atoms with E-state index < -0.39 is 0 Å². The van der Waals surface area contributed by atoms with Crippen molar-refractivity contribution in [3.63, 3.8) is 0 Å². The third kappa shape index (κ3) is 4.73. The highest BCUT2D eigenvalue weighted by Gasteiger charge is 2.20. The summed E-state index contributed by atoms with van der Waals surface area (Å²) in [6.07, 6.45) is 0.152. The molecule has 0 radical (unpaired) electrons. The maximum absolute atomic E-state index is 12.9. The Morgan fingerprint density at radius 1 is 1.42 bits per heavy atom. The predicted molar refractivity (Wildman–Crippen MR) is 77.3 cm³/mol. The molecule has 2 rings (SSSR count). The van der Waals surface area contributed by atoms with Gasteiger partial charge in [-0.3, -0.25) is 4.90 Å². The van der Waals surface area contributed by atoms with Gasteiger partial charge in [-0.25, -0.2) is 4.39 Å². The van der Waals surface area contributed by atoms with Crippen LogP contribution in [0.4, 0.5) is 4.39 Å². The van der Waals surface area contributed by atoms with Crippen LogP contribution in [0.1, 0.15) is 18.4 Å². The molecule has 1 fully saturated rings. The van der Waals surface area contributed by atoms with Gasteiger partial charge in [0.05, 0.1) is 12.7 Å². The number of rotatable bonds is 4. The van der Waals surface area contributed by atoms with Crippen LogP contribution in [0.15, 0.2) is 24.3 Å². The van der Waals surface area contributed by atoms with Gasteiger partial charge in [0.15, 0.2) is 0 Å². The Kier molecular flexibility index (Phi) is 6.72. The fraction of sp³-hybridized carbons (Fsp3) is 0.571. The van der Waals surface area contributed by atoms with Gasteiger partial charge >= 0.3 is 0 Å². The van der Waals surface area contributed by atoms with Crippen LogP contribution in [0.3, 0.4) is 0 Å². The summed E-state index contributed by atoms with van der Waals surface area (Å²) in [5.74, 6) is 0.211. The monoisotopic (exact) mass is 288 g/mol. The zero-order chi connectivity index (χ0) is 13.0. The van der Waals surface area contributed by atoms with Gasteiger partial charge in [0, 0.05) is 26.2 Å². The molecule has 5 heteroatoms. The van der Waals surface area contributed by atoms with Gasteiger partial charge in [0.1, 0.15) is 5.82 Å². The molecule has 3 nitrogen and oxygen atoms in total. The van der Waals surface area contributed by atoms with Crippen molar-refractivity contribution in [2.24, 2.45) is 5.73 Å². The molecule has 1 aliphatic rings. The lowest BCUT2D eigenvalue weighted by atomic mass is 10.0. The number of nitrogens with two attached hydrogens (primary N) is 1. The second-order valence-corrected chi connectivity index (χ2v) is 4.94. The number of hydrogen-bond donors (Lipinski definition) is 1. The van der Waals surface area contributed by atoms with E-state index >= 15 is 0 Å². The molecule has 0 spiro atoms. The third-order valence-electron chi connectivity index (χ3n) is 3.46. The van der Waals surface area contributed by atoms with Gasteiger partial charge in [0.25, 0.3) is 0 Å². The first-order valence-corrected chi connectivity index (χ1v) is 6.48. The molecule has 2 N–H and O–H groups in total. The maximum atomic E-state index is 12.9. The van der Waals surface area contributed by atoms with Crippen molar-refractivity contribution in [1.82, 2.24) is 4.90 Å². The van der Waals surface area contributed by atoms with Crippen molar-refractivity contribution in [1.29, 1.82) is 0 Å². The molecule has 0 aliphatic carbocycles. The van der Waals surface area contributed by atoms with Crippen molar-refractivity contribution in [3.05, 3.63) is 35.6 Å². The second kappa shape index (κ2) is 7.80. The van der Waals surface area contributed by atoms with E-state index in [2.05, 4.69) is 11.8 Å². The highest BCUT2D eigenvalue weighted by molar-refractivity contribution is 5.85. The quantitative estimate of drug-likeness (QED) is 0.921. The van der Waals surface area contributed by atoms with E-state index in [0.29, 0.717) is 12.5 Å². The van der Waals surface area contributed by atoms with Crippen LogP contribution in [0.2, 0.25) is 0 Å². The number of morpholine rings is 1. The van der Waals surface area contributed by atoms with Crippen LogP contribution in [-0.4, -0.2) is 43.8 Å². The van der Waals surface area contributed by atoms with Crippen LogP contribution in [0, 0.1) is 5.82 Å². The number of benzene rings is 1. The summed E-state index contributed by atoms with van der Waals surface area (Å²) in [6, 6.07) is 6.77. The normalized spacial score (nSPS) is 21.7. The molecule has 1 heterocycles. The standard InChI is InChI=1S/C14H21FN2O.ClH/c1-11(12-2-4-13(15)5-3-12)9-17-6-7-18-14(8-16)10-17;/h2-5,11,14H,6-10,16H2,1H3;1H. The number of halogens is 2. The molecular weight excluding hydrogens is 267 g/mol. The van der Waals surface area contributed by atoms with E-state index in [0.717, 1.165) is 26.2 Å². The first kappa shape index (κ1) is 16.4. The molecule has 2 atom stereocenters. The molecule has 0 bridgehead atoms. The largest absolute Gasteiger partial charge is 0.374 e. The lowest BCUT2D eigenvalue weighted by Crippen LogP contribution is -2.46. The van der Waals surface area contributed by atoms with E-state index in [4.69, 9.17) is 10.5 Å². The van der Waals surface area contributed by atoms with Crippen LogP contribution < -0.4 is 5.73 Å². The summed E-state index contributed by atoms with van der Waals surface area (Å²) in [7, 11) is 0. The lowest BCUT2D eigenvalue weighted by molar-refractivity contribution is -0.0244. The summed E-state index contributed by atoms with van der Waals surface area (Å²) in [5.41, 5.74) is 6.80. The van der Waals surface area contributed by atoms with Gasteiger partial charge < -0.3 is 10.5 Å². The minimum absolute atomic E-state index is 0. The first-order valence-electron chi connectivity index (χ1n) is 6.48. The minimum Gasteiger partial charge on any atom is -0.374 e. The Morgan fingerprint density at radius 2 is 2.11 bits per heavy atom. The van der Waals surface area contributed by atoms with Gasteiger partial charge in [-0.15, -0.1) is 12.4 Å². The van der Waals surface area contributed by atoms with Gasteiger partial charge in [-0.05, 0) is 23.6 Å². The van der Waals surface area contributed by atoms with Crippen molar-refractivity contribution in [2.45, 2.75) is 18.9 Å². The molecule has 19 heavy (non-hydrogen) atoms. The second-order valence-electron chi connectivity index (χ2n) is 4.94. The zero-order valence-electron chi connectivity index (χ0n) is 11.2. The van der Waals surface area contributed by atoms with Crippen LogP contribution in [-0.2, 0) is 4.74 Å². The average molecular weight is 289 g/mol. The van der Waals surface area contributed by atoms with E-state index in [1.54, 1.807) is 0 Å². The Hall–Kier alpha value is -0.680. The fourth-order valence-electron chi connectivity index (χ4n) is 2.37. The van der Waals surface area contributed by atoms with Gasteiger partial charge in [-0.1, -0.05) is 19.1 Å². The van der Waals surface area contributed by atoms with E-state index in [1.165, 1.54) is 17.7 Å². The number of hydrogen-bond acceptors (Lipinski definition) is 3. The molecule has 0 amide bonds. The van der Waals surface area contributed by atoms with E-state index in [-0.39, 0.29) is 24.3 Å². The fourth-order valence-corrected chi connectivity index (χ4v) is 2.37. The molecule has 108 valence electrons. The van der Waals surface area contributed by atoms with Gasteiger partial charge in [0.2, 0.25) is 0 Å². The summed E-state index contributed by atoms with van der Waals surface area (Å²) >= 11 is 0. The molecule has 1 saturated heterocycles. The van der Waals surface area contributed by atoms with Crippen LogP contribution in [0.25, 0.3) is 0 Å². The lowest BCUT2D eigenvalue weighted by Gasteiger charge is -2.34. The van der Waals surface area contributed by atoms with Crippen molar-refractivity contribution < 1.29 is 9.13 Å². The Bertz CT molecular complexity index is 374. The molecule has 1 aromatic carbocycles. The predicted octanol–water partition coefficient (Wildman–Crippen LogP) is 2.01. The molecule has 1 aromatic rings. The number of nitrogens with zero attached hydrogens (tertiary/aromatic N) is 1. The Balaban J connectivity index is 0.00000180. The highest BCUT2D eigenvalue weighted by atomic mass is 35.5. The third-order valence-corrected chi connectivity index (χ3v) is 3.46. The zero-order valence-corrected chi connectivity index (χ0v) is 12.0. The Labute approximate surface area is 120 Å². The molecule has 0 saturated carbocycles. The SMILES string of the molecule is CC(CN1CCOC(CN)C1)c1ccc(F)cc1.Cl. The smallest absolute Gasteiger partial charge is 0.123 e. The van der Waals surface area contributed by atoms with Gasteiger partial charge in [-0.2, -0.15) is 0 Å². The van der Waals surface area contributed by atoms with E-state index in [9.17, 15) is 4.39 Å². The Morgan fingerprint density at radius 3 is 2.74 bits per heavy atom. The van der Waals surface area contributed by atoms with Crippen molar-refractivity contribution >= 4 is 12.4 Å². The summed E-state index contributed by atoms with van der Waals surface area (Å²) < 4.78 is 18.4. The van der Waals surface area contributed by atoms with Crippen molar-refractivity contribution in [2.75, 3.05) is 32.8 Å². The summed E-state index contributed by atoms with van der Waals surface area (Å²) in [6.45, 7) is 6.29. The highest BCUT2D eigenvalue weighted by Crippen LogP contribution is 2.18. The first-order chi connectivity index (χ1) is 8.69. The molecular formula is C14H22ClFN2O. The van der Waals surface area contributed by atoms with Crippen LogP contribution in [0.5, 0.6) is 0 Å². The summed E-state index contributed by atoms with van der Waals surface area (Å²) in [5, 5.41) is 0. The maximum Gasteiger partial charge on any atom is 0.123 e. The molecule has 2 unspecified atom stereocenters. The topological polar surface area (TPSA) is 38.5 Å². The molecule has 0 aromatic heterocycles. The molecule has 1 aliphatic heterocycles.